The Morgan fingerprint density at radius 3 is 3.00 bits per heavy atom. The molecule has 1 heterocycles. The molecule has 1 saturated heterocycles. The summed E-state index contributed by atoms with van der Waals surface area (Å²) in [5, 5.41) is 4.30. The maximum Gasteiger partial charge on any atom is 0.0409 e. The molecule has 17 heavy (non-hydrogen) atoms. The zero-order valence-electron chi connectivity index (χ0n) is 10.6. The van der Waals surface area contributed by atoms with Crippen molar-refractivity contribution in [2.24, 2.45) is 5.92 Å². The fraction of sp³-hybridized carbons (Fsp3) is 0.571. The van der Waals surface area contributed by atoms with Gasteiger partial charge in [0.2, 0.25) is 0 Å². The summed E-state index contributed by atoms with van der Waals surface area (Å²) in [5.74, 6) is 0.693. The van der Waals surface area contributed by atoms with Crippen LogP contribution in [0.2, 0.25) is 5.02 Å². The van der Waals surface area contributed by atoms with Crippen molar-refractivity contribution in [1.82, 2.24) is 10.2 Å². The van der Waals surface area contributed by atoms with Crippen LogP contribution in [0.5, 0.6) is 0 Å². The average molecular weight is 253 g/mol. The van der Waals surface area contributed by atoms with Gasteiger partial charge >= 0.3 is 0 Å². The molecule has 1 fully saturated rings. The predicted octanol–water partition coefficient (Wildman–Crippen LogP) is 2.94. The number of nitrogens with one attached hydrogen (secondary N) is 1. The van der Waals surface area contributed by atoms with Crippen LogP contribution >= 0.6 is 11.6 Å². The second-order valence-electron chi connectivity index (χ2n) is 4.84. The van der Waals surface area contributed by atoms with E-state index in [2.05, 4.69) is 36.3 Å². The lowest BCUT2D eigenvalue weighted by Gasteiger charge is -2.26. The smallest absolute Gasteiger partial charge is 0.0409 e. The molecule has 0 aliphatic carbocycles. The van der Waals surface area contributed by atoms with Gasteiger partial charge in [0, 0.05) is 11.1 Å². The molecule has 1 aromatic rings. The Kier molecular flexibility index (Phi) is 4.43. The van der Waals surface area contributed by atoms with Crippen LogP contribution in [-0.2, 0) is 0 Å². The fourth-order valence-electron chi connectivity index (χ4n) is 2.79. The monoisotopic (exact) mass is 252 g/mol. The minimum atomic E-state index is 0.507. The number of benzene rings is 1. The van der Waals surface area contributed by atoms with Gasteiger partial charge in [-0.25, -0.2) is 0 Å². The van der Waals surface area contributed by atoms with Gasteiger partial charge in [-0.2, -0.15) is 0 Å². The molecular weight excluding hydrogens is 232 g/mol. The molecule has 0 spiro atoms. The highest BCUT2D eigenvalue weighted by Gasteiger charge is 2.32. The third-order valence-electron chi connectivity index (χ3n) is 3.62. The largest absolute Gasteiger partial charge is 0.317 e. The van der Waals surface area contributed by atoms with E-state index in [1.54, 1.807) is 0 Å². The van der Waals surface area contributed by atoms with E-state index in [4.69, 9.17) is 11.6 Å². The Balaban J connectivity index is 2.15. The number of hydrogen-bond donors (Lipinski definition) is 1. The first-order valence-corrected chi connectivity index (χ1v) is 6.76. The maximum atomic E-state index is 6.09. The third-order valence-corrected chi connectivity index (χ3v) is 3.86. The molecule has 1 aliphatic rings. The summed E-state index contributed by atoms with van der Waals surface area (Å²) in [5.41, 5.74) is 1.35. The van der Waals surface area contributed by atoms with Crippen LogP contribution in [0.25, 0.3) is 0 Å². The first-order valence-electron chi connectivity index (χ1n) is 6.38. The molecule has 1 aliphatic heterocycles. The van der Waals surface area contributed by atoms with Gasteiger partial charge in [-0.3, -0.25) is 4.90 Å². The van der Waals surface area contributed by atoms with Crippen molar-refractivity contribution in [3.8, 4) is 0 Å². The number of nitrogens with zero attached hydrogens (tertiary/aromatic N) is 1. The van der Waals surface area contributed by atoms with Crippen LogP contribution in [-0.4, -0.2) is 31.6 Å². The molecule has 2 atom stereocenters. The lowest BCUT2D eigenvalue weighted by Crippen LogP contribution is -2.28. The average Bonchev–Trinajstić information content (AvgIpc) is 2.68. The van der Waals surface area contributed by atoms with E-state index in [0.717, 1.165) is 18.1 Å². The molecule has 94 valence electrons. The second kappa shape index (κ2) is 5.85. The fourth-order valence-corrected chi connectivity index (χ4v) is 2.99. The molecule has 0 aromatic heterocycles. The van der Waals surface area contributed by atoms with Gasteiger partial charge in [-0.15, -0.1) is 0 Å². The molecule has 1 aromatic carbocycles. The van der Waals surface area contributed by atoms with Gasteiger partial charge < -0.3 is 5.32 Å². The van der Waals surface area contributed by atoms with E-state index >= 15 is 0 Å². The van der Waals surface area contributed by atoms with E-state index < -0.39 is 0 Å². The summed E-state index contributed by atoms with van der Waals surface area (Å²) in [4.78, 5) is 2.44. The van der Waals surface area contributed by atoms with Crippen LogP contribution in [0, 0.1) is 5.92 Å². The summed E-state index contributed by atoms with van der Waals surface area (Å²) in [6, 6.07) is 8.80. The lowest BCUT2D eigenvalue weighted by molar-refractivity contribution is 0.273. The van der Waals surface area contributed by atoms with E-state index in [1.165, 1.54) is 18.5 Å². The van der Waals surface area contributed by atoms with Crippen LogP contribution in [0.15, 0.2) is 24.3 Å². The summed E-state index contributed by atoms with van der Waals surface area (Å²) in [7, 11) is 2.21. The van der Waals surface area contributed by atoms with E-state index in [1.807, 2.05) is 12.1 Å². The van der Waals surface area contributed by atoms with Crippen molar-refractivity contribution in [3.63, 3.8) is 0 Å². The van der Waals surface area contributed by atoms with Crippen LogP contribution in [0.1, 0.15) is 24.9 Å². The minimum absolute atomic E-state index is 0.507. The number of halogens is 1. The van der Waals surface area contributed by atoms with Crippen LogP contribution in [0.4, 0.5) is 0 Å². The Morgan fingerprint density at radius 1 is 1.47 bits per heavy atom. The van der Waals surface area contributed by atoms with Gasteiger partial charge in [0.05, 0.1) is 0 Å². The quantitative estimate of drug-likeness (QED) is 0.887. The number of hydrogen-bond acceptors (Lipinski definition) is 2. The van der Waals surface area contributed by atoms with E-state index in [0.29, 0.717) is 12.0 Å². The molecule has 0 radical (unpaired) electrons. The molecule has 0 bridgehead atoms. The number of likely N-dealkylation sites (tertiary alicyclic amines) is 1. The first kappa shape index (κ1) is 12.9. The molecule has 0 amide bonds. The van der Waals surface area contributed by atoms with Gasteiger partial charge in [0.25, 0.3) is 0 Å². The third kappa shape index (κ3) is 3.01. The highest BCUT2D eigenvalue weighted by Crippen LogP contribution is 2.36. The Morgan fingerprint density at radius 2 is 2.29 bits per heavy atom. The topological polar surface area (TPSA) is 15.3 Å². The van der Waals surface area contributed by atoms with E-state index in [9.17, 15) is 0 Å². The molecule has 0 saturated carbocycles. The molecule has 3 heteroatoms. The van der Waals surface area contributed by atoms with Crippen molar-refractivity contribution >= 4 is 11.6 Å². The zero-order valence-corrected chi connectivity index (χ0v) is 11.4. The predicted molar refractivity (Wildman–Crippen MR) is 73.5 cm³/mol. The highest BCUT2D eigenvalue weighted by atomic mass is 35.5. The summed E-state index contributed by atoms with van der Waals surface area (Å²) >= 11 is 6.09. The van der Waals surface area contributed by atoms with Crippen LogP contribution < -0.4 is 5.32 Å². The molecule has 2 rings (SSSR count). The van der Waals surface area contributed by atoms with Crippen molar-refractivity contribution < 1.29 is 0 Å². The SMILES string of the molecule is CCNCC1CCN(C)C1c1cccc(Cl)c1. The first-order chi connectivity index (χ1) is 8.22. The zero-order chi connectivity index (χ0) is 12.3. The van der Waals surface area contributed by atoms with Gasteiger partial charge in [-0.05, 0) is 56.7 Å². The molecule has 2 unspecified atom stereocenters. The molecule has 2 nitrogen and oxygen atoms in total. The Labute approximate surface area is 109 Å². The van der Waals surface area contributed by atoms with Gasteiger partial charge in [0.1, 0.15) is 0 Å². The van der Waals surface area contributed by atoms with Gasteiger partial charge in [0.15, 0.2) is 0 Å². The van der Waals surface area contributed by atoms with Crippen LogP contribution in [0.3, 0.4) is 0 Å². The second-order valence-corrected chi connectivity index (χ2v) is 5.27. The summed E-state index contributed by atoms with van der Waals surface area (Å²) in [6.07, 6.45) is 1.26. The Hall–Kier alpha value is -0.570. The van der Waals surface area contributed by atoms with Crippen molar-refractivity contribution in [3.05, 3.63) is 34.9 Å². The normalized spacial score (nSPS) is 25.4. The lowest BCUT2D eigenvalue weighted by atomic mass is 9.94. The summed E-state index contributed by atoms with van der Waals surface area (Å²) < 4.78 is 0. The van der Waals surface area contributed by atoms with Crippen molar-refractivity contribution in [1.29, 1.82) is 0 Å². The van der Waals surface area contributed by atoms with Gasteiger partial charge in [-0.1, -0.05) is 30.7 Å². The molecular formula is C14H21ClN2. The van der Waals surface area contributed by atoms with Crippen molar-refractivity contribution in [2.45, 2.75) is 19.4 Å². The maximum absolute atomic E-state index is 6.09. The van der Waals surface area contributed by atoms with E-state index in [-0.39, 0.29) is 0 Å². The minimum Gasteiger partial charge on any atom is -0.317 e. The highest BCUT2D eigenvalue weighted by molar-refractivity contribution is 6.30. The van der Waals surface area contributed by atoms with Crippen molar-refractivity contribution in [2.75, 3.05) is 26.7 Å². The standard InChI is InChI=1S/C14H21ClN2/c1-3-16-10-12-7-8-17(2)14(12)11-5-4-6-13(15)9-11/h4-6,9,12,14,16H,3,7-8,10H2,1-2H3. The number of rotatable bonds is 4. The summed E-state index contributed by atoms with van der Waals surface area (Å²) in [6.45, 7) is 5.47. The molecule has 1 N–H and O–H groups in total. The Bertz CT molecular complexity index is 367.